The van der Waals surface area contributed by atoms with Crippen LogP contribution < -0.4 is 19.5 Å². The minimum absolute atomic E-state index is 0.0291. The number of hydrogen-bond donors (Lipinski definition) is 1. The molecule has 8 heteroatoms. The molecule has 8 nitrogen and oxygen atoms in total. The van der Waals surface area contributed by atoms with Crippen molar-refractivity contribution >= 4 is 17.3 Å². The first-order chi connectivity index (χ1) is 12.4. The Morgan fingerprint density at radius 3 is 2.62 bits per heavy atom. The Kier molecular flexibility index (Phi) is 6.37. The molecule has 0 fully saturated rings. The van der Waals surface area contributed by atoms with Crippen LogP contribution >= 0.6 is 0 Å². The average molecular weight is 360 g/mol. The summed E-state index contributed by atoms with van der Waals surface area (Å²) in [7, 11) is 1.32. The van der Waals surface area contributed by atoms with E-state index in [9.17, 15) is 14.9 Å². The molecule has 1 N–H and O–H groups in total. The van der Waals surface area contributed by atoms with Crippen molar-refractivity contribution < 1.29 is 23.9 Å². The van der Waals surface area contributed by atoms with Crippen LogP contribution in [-0.4, -0.2) is 30.7 Å². The molecular weight excluding hydrogens is 340 g/mol. The monoisotopic (exact) mass is 360 g/mol. The van der Waals surface area contributed by atoms with Gasteiger partial charge in [-0.25, -0.2) is 0 Å². The highest BCUT2D eigenvalue weighted by Crippen LogP contribution is 2.30. The number of hydrogen-bond acceptors (Lipinski definition) is 6. The van der Waals surface area contributed by atoms with Gasteiger partial charge in [0.05, 0.1) is 18.1 Å². The fraction of sp³-hybridized carbons (Fsp3) is 0.278. The lowest BCUT2D eigenvalue weighted by molar-refractivity contribution is -0.385. The number of ether oxygens (including phenoxy) is 3. The Morgan fingerprint density at radius 1 is 1.19 bits per heavy atom. The Balaban J connectivity index is 1.96. The third kappa shape index (κ3) is 5.37. The highest BCUT2D eigenvalue weighted by molar-refractivity contribution is 5.92. The fourth-order valence-electron chi connectivity index (χ4n) is 2.16. The number of benzene rings is 2. The quantitative estimate of drug-likeness (QED) is 0.572. The summed E-state index contributed by atoms with van der Waals surface area (Å²) in [5.74, 6) is 0.633. The van der Waals surface area contributed by atoms with Crippen LogP contribution in [0.5, 0.6) is 17.2 Å². The second kappa shape index (κ2) is 8.70. The highest BCUT2D eigenvalue weighted by Gasteiger charge is 2.15. The van der Waals surface area contributed by atoms with E-state index < -0.39 is 4.92 Å². The molecule has 0 radical (unpaired) electrons. The van der Waals surface area contributed by atoms with E-state index >= 15 is 0 Å². The van der Waals surface area contributed by atoms with Gasteiger partial charge in [0.2, 0.25) is 5.75 Å². The van der Waals surface area contributed by atoms with Crippen LogP contribution in [0.25, 0.3) is 0 Å². The summed E-state index contributed by atoms with van der Waals surface area (Å²) in [6, 6.07) is 11.1. The van der Waals surface area contributed by atoms with E-state index in [0.29, 0.717) is 17.2 Å². The van der Waals surface area contributed by atoms with Crippen LogP contribution in [0.3, 0.4) is 0 Å². The number of nitro benzene ring substituents is 1. The smallest absolute Gasteiger partial charge is 0.311 e. The zero-order chi connectivity index (χ0) is 19.1. The molecule has 0 saturated carbocycles. The first-order valence-electron chi connectivity index (χ1n) is 7.91. The molecule has 0 unspecified atom stereocenters. The molecular formula is C18H20N2O6. The molecule has 1 amide bonds. The molecule has 2 rings (SSSR count). The van der Waals surface area contributed by atoms with Gasteiger partial charge < -0.3 is 19.5 Å². The Morgan fingerprint density at radius 2 is 1.96 bits per heavy atom. The summed E-state index contributed by atoms with van der Waals surface area (Å²) in [5, 5.41) is 13.6. The summed E-state index contributed by atoms with van der Waals surface area (Å²) < 4.78 is 15.9. The molecule has 0 atom stereocenters. The van der Waals surface area contributed by atoms with Gasteiger partial charge in [-0.3, -0.25) is 14.9 Å². The van der Waals surface area contributed by atoms with Crippen molar-refractivity contribution in [2.24, 2.45) is 0 Å². The van der Waals surface area contributed by atoms with Gasteiger partial charge in [0.25, 0.3) is 5.91 Å². The second-order valence-electron chi connectivity index (χ2n) is 5.62. The third-order valence-electron chi connectivity index (χ3n) is 3.21. The normalized spacial score (nSPS) is 10.3. The SMILES string of the molecule is COc1cc(OCC(=O)Nc2cccc(OC(C)C)c2)ccc1[N+](=O)[O-]. The van der Waals surface area contributed by atoms with Crippen molar-refractivity contribution in [3.8, 4) is 17.2 Å². The van der Waals surface area contributed by atoms with E-state index in [2.05, 4.69) is 5.32 Å². The Hall–Kier alpha value is -3.29. The molecule has 0 bridgehead atoms. The summed E-state index contributed by atoms with van der Waals surface area (Å²) >= 11 is 0. The van der Waals surface area contributed by atoms with Gasteiger partial charge in [0.15, 0.2) is 6.61 Å². The molecule has 0 aliphatic heterocycles. The first kappa shape index (κ1) is 19.0. The van der Waals surface area contributed by atoms with Gasteiger partial charge >= 0.3 is 5.69 Å². The standard InChI is InChI=1S/C18H20N2O6/c1-12(2)26-15-6-4-5-13(9-15)19-18(21)11-25-14-7-8-16(20(22)23)17(10-14)24-3/h4-10,12H,11H2,1-3H3,(H,19,21). The Labute approximate surface area is 150 Å². The van der Waals surface area contributed by atoms with E-state index in [4.69, 9.17) is 14.2 Å². The Bertz CT molecular complexity index is 791. The van der Waals surface area contributed by atoms with E-state index in [-0.39, 0.29) is 30.1 Å². The molecule has 2 aromatic rings. The maximum absolute atomic E-state index is 12.0. The average Bonchev–Trinajstić information content (AvgIpc) is 2.59. The zero-order valence-corrected chi connectivity index (χ0v) is 14.7. The zero-order valence-electron chi connectivity index (χ0n) is 14.7. The van der Waals surface area contributed by atoms with Crippen molar-refractivity contribution in [3.05, 3.63) is 52.6 Å². The van der Waals surface area contributed by atoms with Crippen molar-refractivity contribution in [1.82, 2.24) is 0 Å². The summed E-state index contributed by atoms with van der Waals surface area (Å²) in [5.41, 5.74) is 0.407. The summed E-state index contributed by atoms with van der Waals surface area (Å²) in [6.07, 6.45) is 0.0291. The van der Waals surface area contributed by atoms with E-state index in [1.165, 1.54) is 25.3 Å². The molecule has 0 aromatic heterocycles. The largest absolute Gasteiger partial charge is 0.491 e. The number of nitrogens with zero attached hydrogens (tertiary/aromatic N) is 1. The van der Waals surface area contributed by atoms with E-state index in [0.717, 1.165) is 0 Å². The van der Waals surface area contributed by atoms with Gasteiger partial charge in [-0.1, -0.05) is 6.07 Å². The van der Waals surface area contributed by atoms with Gasteiger partial charge in [-0.05, 0) is 32.0 Å². The minimum Gasteiger partial charge on any atom is -0.491 e. The molecule has 26 heavy (non-hydrogen) atoms. The molecule has 2 aromatic carbocycles. The predicted molar refractivity (Wildman–Crippen MR) is 96.0 cm³/mol. The minimum atomic E-state index is -0.554. The molecule has 0 saturated heterocycles. The van der Waals surface area contributed by atoms with Gasteiger partial charge in [-0.2, -0.15) is 0 Å². The van der Waals surface area contributed by atoms with Gasteiger partial charge in [0.1, 0.15) is 11.5 Å². The van der Waals surface area contributed by atoms with Gasteiger partial charge in [-0.15, -0.1) is 0 Å². The number of nitro groups is 1. The highest BCUT2D eigenvalue weighted by atomic mass is 16.6. The topological polar surface area (TPSA) is 99.9 Å². The molecule has 0 heterocycles. The molecule has 0 spiro atoms. The molecule has 0 aliphatic rings. The van der Waals surface area contributed by atoms with Crippen molar-refractivity contribution in [1.29, 1.82) is 0 Å². The lowest BCUT2D eigenvalue weighted by Gasteiger charge is -2.12. The lowest BCUT2D eigenvalue weighted by Crippen LogP contribution is -2.20. The van der Waals surface area contributed by atoms with Crippen LogP contribution in [0.2, 0.25) is 0 Å². The number of methoxy groups -OCH3 is 1. The third-order valence-corrected chi connectivity index (χ3v) is 3.21. The summed E-state index contributed by atoms with van der Waals surface area (Å²) in [4.78, 5) is 22.3. The maximum Gasteiger partial charge on any atom is 0.311 e. The number of carbonyl (C=O) groups excluding carboxylic acids is 1. The number of anilines is 1. The maximum atomic E-state index is 12.0. The van der Waals surface area contributed by atoms with Crippen LogP contribution in [0, 0.1) is 10.1 Å². The van der Waals surface area contributed by atoms with Crippen LogP contribution in [-0.2, 0) is 4.79 Å². The van der Waals surface area contributed by atoms with E-state index in [1.54, 1.807) is 24.3 Å². The first-order valence-corrected chi connectivity index (χ1v) is 7.91. The van der Waals surface area contributed by atoms with Crippen molar-refractivity contribution in [2.45, 2.75) is 20.0 Å². The predicted octanol–water partition coefficient (Wildman–Crippen LogP) is 3.41. The summed E-state index contributed by atoms with van der Waals surface area (Å²) in [6.45, 7) is 3.57. The van der Waals surface area contributed by atoms with Crippen LogP contribution in [0.1, 0.15) is 13.8 Å². The number of carbonyl (C=O) groups is 1. The van der Waals surface area contributed by atoms with Crippen molar-refractivity contribution in [2.75, 3.05) is 19.0 Å². The number of rotatable bonds is 8. The second-order valence-corrected chi connectivity index (χ2v) is 5.62. The fourth-order valence-corrected chi connectivity index (χ4v) is 2.16. The number of amides is 1. The van der Waals surface area contributed by atoms with Crippen molar-refractivity contribution in [3.63, 3.8) is 0 Å². The van der Waals surface area contributed by atoms with Crippen LogP contribution in [0.4, 0.5) is 11.4 Å². The van der Waals surface area contributed by atoms with E-state index in [1.807, 2.05) is 13.8 Å². The molecule has 0 aliphatic carbocycles. The van der Waals surface area contributed by atoms with Crippen LogP contribution in [0.15, 0.2) is 42.5 Å². The molecule has 138 valence electrons. The lowest BCUT2D eigenvalue weighted by atomic mass is 10.3. The van der Waals surface area contributed by atoms with Gasteiger partial charge in [0, 0.05) is 23.9 Å². The number of nitrogens with one attached hydrogen (secondary N) is 1.